The zero-order valence-corrected chi connectivity index (χ0v) is 13.5. The smallest absolute Gasteiger partial charge is 0.304 e. The van der Waals surface area contributed by atoms with Gasteiger partial charge in [0.1, 0.15) is 0 Å². The second-order valence-electron chi connectivity index (χ2n) is 5.89. The topological polar surface area (TPSA) is 56.0 Å². The van der Waals surface area contributed by atoms with E-state index in [9.17, 15) is 9.59 Å². The Balaban J connectivity index is 2.25. The zero-order valence-electron chi connectivity index (χ0n) is 13.5. The molecular weight excluding hydrogens is 278 g/mol. The quantitative estimate of drug-likeness (QED) is 0.912. The van der Waals surface area contributed by atoms with E-state index in [1.54, 1.807) is 7.05 Å². The van der Waals surface area contributed by atoms with E-state index in [1.165, 1.54) is 23.2 Å². The Bertz CT molecular complexity index is 745. The highest BCUT2D eigenvalue weighted by atomic mass is 16.2. The van der Waals surface area contributed by atoms with Crippen molar-refractivity contribution in [3.05, 3.63) is 68.5 Å². The molecule has 0 aliphatic rings. The molecule has 0 saturated carbocycles. The van der Waals surface area contributed by atoms with E-state index in [0.29, 0.717) is 18.2 Å². The molecule has 0 radical (unpaired) electrons. The first kappa shape index (κ1) is 16.2. The molecule has 1 heterocycles. The molecule has 2 rings (SSSR count). The van der Waals surface area contributed by atoms with Gasteiger partial charge in [-0.15, -0.1) is 0 Å². The van der Waals surface area contributed by atoms with Crippen molar-refractivity contribution in [3.8, 4) is 0 Å². The lowest BCUT2D eigenvalue weighted by atomic mass is 9.96. The van der Waals surface area contributed by atoms with Gasteiger partial charge in [0.25, 0.3) is 5.56 Å². The van der Waals surface area contributed by atoms with Gasteiger partial charge in [-0.05, 0) is 11.5 Å². The maximum absolute atomic E-state index is 12.0. The Morgan fingerprint density at radius 3 is 2.27 bits per heavy atom. The van der Waals surface area contributed by atoms with Crippen LogP contribution in [-0.4, -0.2) is 9.13 Å². The molecule has 1 N–H and O–H groups in total. The molecule has 0 saturated heterocycles. The van der Waals surface area contributed by atoms with E-state index in [4.69, 9.17) is 0 Å². The summed E-state index contributed by atoms with van der Waals surface area (Å²) >= 11 is 0. The van der Waals surface area contributed by atoms with Gasteiger partial charge in [-0.25, -0.2) is 4.79 Å². The molecule has 1 atom stereocenters. The summed E-state index contributed by atoms with van der Waals surface area (Å²) < 4.78 is 2.62. The number of aromatic nitrogens is 2. The molecule has 0 fully saturated rings. The van der Waals surface area contributed by atoms with Crippen molar-refractivity contribution >= 4 is 0 Å². The Labute approximate surface area is 130 Å². The lowest BCUT2D eigenvalue weighted by molar-refractivity contribution is 0.403. The molecule has 118 valence electrons. The van der Waals surface area contributed by atoms with Gasteiger partial charge in [0.15, 0.2) is 0 Å². The highest BCUT2D eigenvalue weighted by Crippen LogP contribution is 2.21. The number of hydrogen-bond donors (Lipinski definition) is 1. The van der Waals surface area contributed by atoms with Crippen LogP contribution in [0, 0.1) is 5.92 Å². The fraction of sp³-hybridized carbons (Fsp3) is 0.412. The van der Waals surface area contributed by atoms with Crippen LogP contribution in [-0.2, 0) is 20.6 Å². The Morgan fingerprint density at radius 1 is 1.05 bits per heavy atom. The molecule has 0 spiro atoms. The summed E-state index contributed by atoms with van der Waals surface area (Å²) in [4.78, 5) is 23.7. The Morgan fingerprint density at radius 2 is 1.68 bits per heavy atom. The van der Waals surface area contributed by atoms with Crippen LogP contribution in [0.2, 0.25) is 0 Å². The fourth-order valence-electron chi connectivity index (χ4n) is 2.56. The maximum Gasteiger partial charge on any atom is 0.330 e. The van der Waals surface area contributed by atoms with Crippen molar-refractivity contribution in [1.29, 1.82) is 0 Å². The lowest BCUT2D eigenvalue weighted by Crippen LogP contribution is -2.39. The van der Waals surface area contributed by atoms with Gasteiger partial charge in [0, 0.05) is 38.4 Å². The standard InChI is InChI=1S/C17H23N3O2/c1-12(2)16(13-8-6-5-7-9-13)18-11-14-10-15(21)20(4)17(22)19(14)3/h5-10,12,16,18H,11H2,1-4H3. The van der Waals surface area contributed by atoms with Gasteiger partial charge in [0.2, 0.25) is 0 Å². The summed E-state index contributed by atoms with van der Waals surface area (Å²) in [6.45, 7) is 4.76. The molecule has 5 nitrogen and oxygen atoms in total. The molecule has 0 aliphatic heterocycles. The normalized spacial score (nSPS) is 12.6. The minimum absolute atomic E-state index is 0.167. The van der Waals surface area contributed by atoms with E-state index in [2.05, 4.69) is 31.3 Å². The highest BCUT2D eigenvalue weighted by Gasteiger charge is 2.16. The van der Waals surface area contributed by atoms with Crippen molar-refractivity contribution < 1.29 is 0 Å². The summed E-state index contributed by atoms with van der Waals surface area (Å²) in [5, 5.41) is 3.46. The average Bonchev–Trinajstić information content (AvgIpc) is 2.51. The molecule has 0 bridgehead atoms. The van der Waals surface area contributed by atoms with Crippen molar-refractivity contribution in [2.24, 2.45) is 20.0 Å². The summed E-state index contributed by atoms with van der Waals surface area (Å²) in [6.07, 6.45) is 0. The Hall–Kier alpha value is -2.14. The largest absolute Gasteiger partial charge is 0.330 e. The van der Waals surface area contributed by atoms with Crippen LogP contribution >= 0.6 is 0 Å². The third kappa shape index (κ3) is 3.36. The third-order valence-electron chi connectivity index (χ3n) is 3.95. The SMILES string of the molecule is CC(C)C(NCc1cc(=O)n(C)c(=O)n1C)c1ccccc1. The first-order valence-corrected chi connectivity index (χ1v) is 7.46. The van der Waals surface area contributed by atoms with Crippen LogP contribution in [0.1, 0.15) is 31.1 Å². The summed E-state index contributed by atoms with van der Waals surface area (Å²) in [5.74, 6) is 0.394. The highest BCUT2D eigenvalue weighted by molar-refractivity contribution is 5.19. The summed E-state index contributed by atoms with van der Waals surface area (Å²) in [5.41, 5.74) is 1.31. The van der Waals surface area contributed by atoms with Gasteiger partial charge in [-0.1, -0.05) is 44.2 Å². The minimum Gasteiger partial charge on any atom is -0.304 e. The molecule has 1 aromatic heterocycles. The number of rotatable bonds is 5. The molecule has 0 aliphatic carbocycles. The predicted molar refractivity (Wildman–Crippen MR) is 87.8 cm³/mol. The van der Waals surface area contributed by atoms with Gasteiger partial charge in [-0.3, -0.25) is 13.9 Å². The first-order valence-electron chi connectivity index (χ1n) is 7.46. The van der Waals surface area contributed by atoms with Crippen molar-refractivity contribution in [3.63, 3.8) is 0 Å². The molecule has 0 amide bonds. The van der Waals surface area contributed by atoms with Crippen molar-refractivity contribution in [2.45, 2.75) is 26.4 Å². The Kier molecular flexibility index (Phi) is 4.98. The van der Waals surface area contributed by atoms with E-state index >= 15 is 0 Å². The number of benzene rings is 1. The molecular formula is C17H23N3O2. The molecule has 22 heavy (non-hydrogen) atoms. The second kappa shape index (κ2) is 6.75. The monoisotopic (exact) mass is 301 g/mol. The van der Waals surface area contributed by atoms with E-state index < -0.39 is 0 Å². The van der Waals surface area contributed by atoms with Crippen LogP contribution in [0.25, 0.3) is 0 Å². The van der Waals surface area contributed by atoms with E-state index in [-0.39, 0.29) is 17.3 Å². The zero-order chi connectivity index (χ0) is 16.3. The number of nitrogens with zero attached hydrogens (tertiary/aromatic N) is 2. The fourth-order valence-corrected chi connectivity index (χ4v) is 2.56. The van der Waals surface area contributed by atoms with Crippen LogP contribution in [0.5, 0.6) is 0 Å². The third-order valence-corrected chi connectivity index (χ3v) is 3.95. The van der Waals surface area contributed by atoms with Crippen LogP contribution in [0.3, 0.4) is 0 Å². The van der Waals surface area contributed by atoms with Crippen LogP contribution < -0.4 is 16.6 Å². The molecule has 5 heteroatoms. The van der Waals surface area contributed by atoms with E-state index in [1.807, 2.05) is 18.2 Å². The van der Waals surface area contributed by atoms with Gasteiger partial charge in [0.05, 0.1) is 0 Å². The maximum atomic E-state index is 12.0. The number of nitrogens with one attached hydrogen (secondary N) is 1. The van der Waals surface area contributed by atoms with Gasteiger partial charge < -0.3 is 5.32 Å². The summed E-state index contributed by atoms with van der Waals surface area (Å²) in [6, 6.07) is 11.9. The van der Waals surface area contributed by atoms with Gasteiger partial charge >= 0.3 is 5.69 Å². The number of hydrogen-bond acceptors (Lipinski definition) is 3. The minimum atomic E-state index is -0.301. The lowest BCUT2D eigenvalue weighted by Gasteiger charge is -2.23. The van der Waals surface area contributed by atoms with Crippen molar-refractivity contribution in [2.75, 3.05) is 0 Å². The van der Waals surface area contributed by atoms with Gasteiger partial charge in [-0.2, -0.15) is 0 Å². The van der Waals surface area contributed by atoms with Crippen molar-refractivity contribution in [1.82, 2.24) is 14.5 Å². The average molecular weight is 301 g/mol. The second-order valence-corrected chi connectivity index (χ2v) is 5.89. The summed E-state index contributed by atoms with van der Waals surface area (Å²) in [7, 11) is 3.18. The molecule has 1 aromatic carbocycles. The molecule has 1 unspecified atom stereocenters. The van der Waals surface area contributed by atoms with E-state index in [0.717, 1.165) is 4.57 Å². The van der Waals surface area contributed by atoms with Crippen LogP contribution in [0.15, 0.2) is 46.0 Å². The molecule has 2 aromatic rings. The first-order chi connectivity index (χ1) is 10.4. The van der Waals surface area contributed by atoms with Crippen LogP contribution in [0.4, 0.5) is 0 Å². The predicted octanol–water partition coefficient (Wildman–Crippen LogP) is 1.57.